The number of fused-ring (bicyclic) bond motifs is 1. The predicted octanol–water partition coefficient (Wildman–Crippen LogP) is 4.22. The highest BCUT2D eigenvalue weighted by atomic mass is 35.5. The van der Waals surface area contributed by atoms with E-state index in [4.69, 9.17) is 11.6 Å². The van der Waals surface area contributed by atoms with Gasteiger partial charge in [-0.3, -0.25) is 4.79 Å². The smallest absolute Gasteiger partial charge is 0.252 e. The van der Waals surface area contributed by atoms with E-state index in [0.717, 1.165) is 28.9 Å². The normalized spacial score (nSPS) is 12.4. The van der Waals surface area contributed by atoms with Crippen LogP contribution in [0.4, 0.5) is 0 Å². The molecule has 0 fully saturated rings. The number of nitrogens with zero attached hydrogens (tertiary/aromatic N) is 3. The Labute approximate surface area is 152 Å². The van der Waals surface area contributed by atoms with E-state index in [1.54, 1.807) is 4.68 Å². The Kier molecular flexibility index (Phi) is 4.77. The summed E-state index contributed by atoms with van der Waals surface area (Å²) in [7, 11) is 0. The van der Waals surface area contributed by atoms with E-state index in [1.165, 1.54) is 0 Å². The average Bonchev–Trinajstić information content (AvgIpc) is 2.90. The quantitative estimate of drug-likeness (QED) is 0.761. The second-order valence-electron chi connectivity index (χ2n) is 6.24. The maximum absolute atomic E-state index is 12.7. The lowest BCUT2D eigenvalue weighted by molar-refractivity contribution is 0.0940. The molecule has 2 aromatic heterocycles. The minimum atomic E-state index is -0.105. The van der Waals surface area contributed by atoms with Gasteiger partial charge in [-0.1, -0.05) is 30.7 Å². The third kappa shape index (κ3) is 3.24. The summed E-state index contributed by atoms with van der Waals surface area (Å²) < 4.78 is 1.71. The highest BCUT2D eigenvalue weighted by molar-refractivity contribution is 6.32. The molecule has 3 aromatic rings. The van der Waals surface area contributed by atoms with Crippen LogP contribution in [0.3, 0.4) is 0 Å². The third-order valence-corrected chi connectivity index (χ3v) is 4.58. The van der Waals surface area contributed by atoms with Gasteiger partial charge in [-0.05, 0) is 45.4 Å². The Hall–Kier alpha value is -2.40. The van der Waals surface area contributed by atoms with Crippen molar-refractivity contribution in [2.45, 2.75) is 40.2 Å². The third-order valence-electron chi connectivity index (χ3n) is 4.26. The Morgan fingerprint density at radius 2 is 2.04 bits per heavy atom. The number of carbonyl (C=O) groups is 1. The van der Waals surface area contributed by atoms with Crippen LogP contribution in [-0.2, 0) is 0 Å². The zero-order chi connectivity index (χ0) is 18.1. The van der Waals surface area contributed by atoms with Crippen LogP contribution in [0.15, 0.2) is 30.3 Å². The van der Waals surface area contributed by atoms with Gasteiger partial charge in [0.05, 0.1) is 27.4 Å². The van der Waals surface area contributed by atoms with Gasteiger partial charge in [0, 0.05) is 11.7 Å². The van der Waals surface area contributed by atoms with Gasteiger partial charge in [0.15, 0.2) is 5.65 Å². The summed E-state index contributed by atoms with van der Waals surface area (Å²) in [6.07, 6.45) is 0.872. The highest BCUT2D eigenvalue weighted by Gasteiger charge is 2.20. The molecule has 0 spiro atoms. The molecule has 0 unspecified atom stereocenters. The molecule has 0 saturated carbocycles. The summed E-state index contributed by atoms with van der Waals surface area (Å²) in [5.41, 5.74) is 3.49. The molecule has 1 amide bonds. The van der Waals surface area contributed by atoms with Gasteiger partial charge in [0.25, 0.3) is 5.91 Å². The Bertz CT molecular complexity index is 948. The van der Waals surface area contributed by atoms with E-state index in [-0.39, 0.29) is 11.9 Å². The van der Waals surface area contributed by atoms with Crippen LogP contribution < -0.4 is 5.32 Å². The summed E-state index contributed by atoms with van der Waals surface area (Å²) in [5.74, 6) is -0.105. The number of aromatic nitrogens is 3. The molecule has 0 aliphatic carbocycles. The van der Waals surface area contributed by atoms with Crippen molar-refractivity contribution >= 4 is 28.5 Å². The molecule has 0 bridgehead atoms. The summed E-state index contributed by atoms with van der Waals surface area (Å²) in [6.45, 7) is 7.79. The van der Waals surface area contributed by atoms with Gasteiger partial charge in [0.1, 0.15) is 0 Å². The summed E-state index contributed by atoms with van der Waals surface area (Å²) in [6, 6.07) is 9.38. The minimum absolute atomic E-state index is 0.105. The Morgan fingerprint density at radius 3 is 2.72 bits per heavy atom. The molecule has 1 N–H and O–H groups in total. The first-order chi connectivity index (χ1) is 11.9. The van der Waals surface area contributed by atoms with Crippen LogP contribution in [0.1, 0.15) is 42.0 Å². The zero-order valence-corrected chi connectivity index (χ0v) is 15.6. The van der Waals surface area contributed by atoms with Gasteiger partial charge in [-0.25, -0.2) is 9.67 Å². The molecule has 0 aliphatic rings. The van der Waals surface area contributed by atoms with Crippen molar-refractivity contribution in [1.82, 2.24) is 20.1 Å². The van der Waals surface area contributed by atoms with E-state index >= 15 is 0 Å². The van der Waals surface area contributed by atoms with Crippen molar-refractivity contribution in [2.75, 3.05) is 0 Å². The van der Waals surface area contributed by atoms with Crippen LogP contribution in [0.25, 0.3) is 16.7 Å². The summed E-state index contributed by atoms with van der Waals surface area (Å²) >= 11 is 6.33. The average molecular weight is 357 g/mol. The maximum Gasteiger partial charge on any atom is 0.252 e. The van der Waals surface area contributed by atoms with Crippen molar-refractivity contribution < 1.29 is 4.79 Å². The van der Waals surface area contributed by atoms with Crippen molar-refractivity contribution in [3.63, 3.8) is 0 Å². The monoisotopic (exact) mass is 356 g/mol. The molecule has 0 saturated heterocycles. The summed E-state index contributed by atoms with van der Waals surface area (Å²) in [4.78, 5) is 17.4. The van der Waals surface area contributed by atoms with Crippen LogP contribution in [0.5, 0.6) is 0 Å². The highest BCUT2D eigenvalue weighted by Crippen LogP contribution is 2.27. The number of halogens is 1. The largest absolute Gasteiger partial charge is 0.350 e. The number of hydrogen-bond donors (Lipinski definition) is 1. The van der Waals surface area contributed by atoms with Gasteiger partial charge in [-0.2, -0.15) is 5.10 Å². The molecule has 130 valence electrons. The van der Waals surface area contributed by atoms with Crippen LogP contribution in [-0.4, -0.2) is 26.7 Å². The van der Waals surface area contributed by atoms with Crippen molar-refractivity contribution in [1.29, 1.82) is 0 Å². The molecule has 2 heterocycles. The Morgan fingerprint density at radius 1 is 1.32 bits per heavy atom. The summed E-state index contributed by atoms with van der Waals surface area (Å²) in [5, 5.41) is 8.96. The first-order valence-corrected chi connectivity index (χ1v) is 8.73. The van der Waals surface area contributed by atoms with E-state index < -0.39 is 0 Å². The molecule has 25 heavy (non-hydrogen) atoms. The molecule has 6 heteroatoms. The van der Waals surface area contributed by atoms with Crippen LogP contribution >= 0.6 is 11.6 Å². The molecule has 0 radical (unpaired) electrons. The lowest BCUT2D eigenvalue weighted by Crippen LogP contribution is -2.32. The number of benzene rings is 1. The first-order valence-electron chi connectivity index (χ1n) is 8.35. The number of nitrogens with one attached hydrogen (secondary N) is 1. The molecular weight excluding hydrogens is 336 g/mol. The Balaban J connectivity index is 2.22. The number of carbonyl (C=O) groups excluding carboxylic acids is 1. The number of hydrogen-bond acceptors (Lipinski definition) is 3. The number of rotatable bonds is 4. The minimum Gasteiger partial charge on any atom is -0.350 e. The predicted molar refractivity (Wildman–Crippen MR) is 101 cm³/mol. The number of amides is 1. The van der Waals surface area contributed by atoms with Crippen LogP contribution in [0, 0.1) is 13.8 Å². The van der Waals surface area contributed by atoms with E-state index in [9.17, 15) is 4.79 Å². The van der Waals surface area contributed by atoms with E-state index in [0.29, 0.717) is 16.2 Å². The molecular formula is C19H21ClN4O. The molecule has 0 aliphatic heterocycles. The standard InChI is InChI=1S/C19H21ClN4O/c1-5-11(2)22-19(25)14-10-12(3)21-18-17(14)13(4)23-24(18)16-9-7-6-8-15(16)20/h6-11H,5H2,1-4H3,(H,22,25)/t11-/m1/s1. The number of pyridine rings is 1. The number of aryl methyl sites for hydroxylation is 2. The van der Waals surface area contributed by atoms with Gasteiger partial charge in [0.2, 0.25) is 0 Å². The van der Waals surface area contributed by atoms with Crippen molar-refractivity contribution in [2.24, 2.45) is 0 Å². The van der Waals surface area contributed by atoms with E-state index in [1.807, 2.05) is 58.0 Å². The van der Waals surface area contributed by atoms with Gasteiger partial charge < -0.3 is 5.32 Å². The van der Waals surface area contributed by atoms with Gasteiger partial charge >= 0.3 is 0 Å². The fraction of sp³-hybridized carbons (Fsp3) is 0.316. The van der Waals surface area contributed by atoms with Crippen molar-refractivity contribution in [3.05, 3.63) is 52.3 Å². The lowest BCUT2D eigenvalue weighted by Gasteiger charge is -2.13. The first kappa shape index (κ1) is 17.4. The van der Waals surface area contributed by atoms with Crippen LogP contribution in [0.2, 0.25) is 5.02 Å². The molecule has 1 atom stereocenters. The molecule has 1 aromatic carbocycles. The molecule has 3 rings (SSSR count). The topological polar surface area (TPSA) is 59.8 Å². The zero-order valence-electron chi connectivity index (χ0n) is 14.8. The molecule has 5 nitrogen and oxygen atoms in total. The lowest BCUT2D eigenvalue weighted by atomic mass is 10.1. The van der Waals surface area contributed by atoms with Gasteiger partial charge in [-0.15, -0.1) is 0 Å². The number of para-hydroxylation sites is 1. The fourth-order valence-electron chi connectivity index (χ4n) is 2.79. The SMILES string of the molecule is CC[C@@H](C)NC(=O)c1cc(C)nc2c1c(C)nn2-c1ccccc1Cl. The van der Waals surface area contributed by atoms with E-state index in [2.05, 4.69) is 15.4 Å². The second-order valence-corrected chi connectivity index (χ2v) is 6.65. The second kappa shape index (κ2) is 6.84. The van der Waals surface area contributed by atoms with Crippen molar-refractivity contribution in [3.8, 4) is 5.69 Å². The fourth-order valence-corrected chi connectivity index (χ4v) is 3.00. The maximum atomic E-state index is 12.7.